The summed E-state index contributed by atoms with van der Waals surface area (Å²) in [6.07, 6.45) is -0.713. The summed E-state index contributed by atoms with van der Waals surface area (Å²) in [7, 11) is 0. The standard InChI is InChI=1S/C28H20BrClIN3O3/c29-19-5-3-4-17(14-19)16-37-25-7-2-1-6-22(25)26-32-24-13-12-21(31)15-23(24)28(36)34(26)33-27(35)18-8-10-20(30)11-9-18/h1-15,26,32H,16H2,(H,33,35). The SMILES string of the molecule is O=C(NN1C(=O)c2cc(I)ccc2NC1c1ccccc1OCc1cccc(Br)c1)c1ccc(Cl)cc1. The normalized spacial score (nSPS) is 14.5. The number of amides is 2. The van der Waals surface area contributed by atoms with Gasteiger partial charge in [-0.25, -0.2) is 5.01 Å². The van der Waals surface area contributed by atoms with Gasteiger partial charge in [-0.05, 0) is 88.8 Å². The molecule has 4 aromatic rings. The van der Waals surface area contributed by atoms with Gasteiger partial charge in [0.2, 0.25) is 0 Å². The minimum absolute atomic E-state index is 0.332. The number of anilines is 1. The van der Waals surface area contributed by atoms with Crippen LogP contribution in [0.1, 0.15) is 38.0 Å². The van der Waals surface area contributed by atoms with E-state index >= 15 is 0 Å². The summed E-state index contributed by atoms with van der Waals surface area (Å²) in [4.78, 5) is 26.8. The van der Waals surface area contributed by atoms with E-state index in [-0.39, 0.29) is 5.91 Å². The molecule has 0 saturated heterocycles. The molecule has 1 aliphatic rings. The molecule has 0 aromatic heterocycles. The fraction of sp³-hybridized carbons (Fsp3) is 0.0714. The predicted molar refractivity (Wildman–Crippen MR) is 156 cm³/mol. The van der Waals surface area contributed by atoms with E-state index < -0.39 is 12.1 Å². The average Bonchev–Trinajstić information content (AvgIpc) is 2.90. The Morgan fingerprint density at radius 2 is 1.81 bits per heavy atom. The lowest BCUT2D eigenvalue weighted by Gasteiger charge is -2.38. The topological polar surface area (TPSA) is 70.7 Å². The predicted octanol–water partition coefficient (Wildman–Crippen LogP) is 7.20. The van der Waals surface area contributed by atoms with Gasteiger partial charge < -0.3 is 10.1 Å². The van der Waals surface area contributed by atoms with Crippen molar-refractivity contribution >= 4 is 67.6 Å². The number of nitrogens with zero attached hydrogens (tertiary/aromatic N) is 1. The Hall–Kier alpha value is -3.08. The third-order valence-electron chi connectivity index (χ3n) is 5.81. The number of para-hydroxylation sites is 1. The largest absolute Gasteiger partial charge is 0.488 e. The highest BCUT2D eigenvalue weighted by Crippen LogP contribution is 2.37. The number of hydrazine groups is 1. The van der Waals surface area contributed by atoms with Crippen LogP contribution in [-0.4, -0.2) is 16.8 Å². The van der Waals surface area contributed by atoms with Crippen LogP contribution in [0.4, 0.5) is 5.69 Å². The number of nitrogens with one attached hydrogen (secondary N) is 2. The molecule has 4 aromatic carbocycles. The third-order valence-corrected chi connectivity index (χ3v) is 7.22. The van der Waals surface area contributed by atoms with Gasteiger partial charge in [-0.1, -0.05) is 57.9 Å². The lowest BCUT2D eigenvalue weighted by Crippen LogP contribution is -2.53. The third kappa shape index (κ3) is 5.76. The summed E-state index contributed by atoms with van der Waals surface area (Å²) < 4.78 is 8.07. The molecular weight excluding hydrogens is 669 g/mol. The minimum Gasteiger partial charge on any atom is -0.488 e. The van der Waals surface area contributed by atoms with Crippen LogP contribution < -0.4 is 15.5 Å². The van der Waals surface area contributed by atoms with E-state index in [0.717, 1.165) is 13.6 Å². The number of benzene rings is 4. The Kier molecular flexibility index (Phi) is 7.68. The zero-order valence-electron chi connectivity index (χ0n) is 19.3. The molecule has 1 aliphatic heterocycles. The van der Waals surface area contributed by atoms with Gasteiger partial charge >= 0.3 is 0 Å². The first-order chi connectivity index (χ1) is 17.9. The highest BCUT2D eigenvalue weighted by atomic mass is 127. The molecule has 186 valence electrons. The second-order valence-corrected chi connectivity index (χ2v) is 10.9. The lowest BCUT2D eigenvalue weighted by atomic mass is 10.0. The van der Waals surface area contributed by atoms with Gasteiger partial charge in [0.05, 0.1) is 5.56 Å². The van der Waals surface area contributed by atoms with Crippen molar-refractivity contribution < 1.29 is 14.3 Å². The van der Waals surface area contributed by atoms with Crippen molar-refractivity contribution in [1.29, 1.82) is 0 Å². The summed E-state index contributed by atoms with van der Waals surface area (Å²) in [5.41, 5.74) is 6.01. The van der Waals surface area contributed by atoms with Gasteiger partial charge in [-0.15, -0.1) is 0 Å². The molecule has 0 saturated carbocycles. The van der Waals surface area contributed by atoms with Crippen LogP contribution in [-0.2, 0) is 6.61 Å². The first-order valence-corrected chi connectivity index (χ1v) is 13.6. The Morgan fingerprint density at radius 1 is 1.03 bits per heavy atom. The summed E-state index contributed by atoms with van der Waals surface area (Å²) in [5, 5.41) is 5.25. The van der Waals surface area contributed by atoms with E-state index in [2.05, 4.69) is 49.3 Å². The van der Waals surface area contributed by atoms with E-state index in [0.29, 0.717) is 39.8 Å². The van der Waals surface area contributed by atoms with Crippen molar-refractivity contribution in [2.24, 2.45) is 0 Å². The Bertz CT molecular complexity index is 1480. The van der Waals surface area contributed by atoms with Gasteiger partial charge in [0.1, 0.15) is 12.4 Å². The number of ether oxygens (including phenoxy) is 1. The quantitative estimate of drug-likeness (QED) is 0.211. The Balaban J connectivity index is 1.50. The molecule has 5 rings (SSSR count). The number of halogens is 3. The van der Waals surface area contributed by atoms with Gasteiger partial charge in [-0.2, -0.15) is 0 Å². The maximum atomic E-state index is 13.7. The highest BCUT2D eigenvalue weighted by molar-refractivity contribution is 14.1. The zero-order chi connectivity index (χ0) is 25.9. The van der Waals surface area contributed by atoms with Crippen LogP contribution in [0.5, 0.6) is 5.75 Å². The number of carbonyl (C=O) groups excluding carboxylic acids is 2. The highest BCUT2D eigenvalue weighted by Gasteiger charge is 2.36. The molecule has 2 amide bonds. The van der Waals surface area contributed by atoms with Crippen LogP contribution in [0.25, 0.3) is 0 Å². The molecule has 37 heavy (non-hydrogen) atoms. The van der Waals surface area contributed by atoms with Crippen LogP contribution in [0.3, 0.4) is 0 Å². The van der Waals surface area contributed by atoms with Crippen molar-refractivity contribution in [2.75, 3.05) is 5.32 Å². The minimum atomic E-state index is -0.713. The first-order valence-electron chi connectivity index (χ1n) is 11.3. The van der Waals surface area contributed by atoms with E-state index in [4.69, 9.17) is 16.3 Å². The van der Waals surface area contributed by atoms with Crippen molar-refractivity contribution in [1.82, 2.24) is 10.4 Å². The van der Waals surface area contributed by atoms with E-state index in [9.17, 15) is 9.59 Å². The van der Waals surface area contributed by atoms with Crippen molar-refractivity contribution in [3.8, 4) is 5.75 Å². The van der Waals surface area contributed by atoms with Gasteiger partial charge in [0, 0.05) is 29.9 Å². The molecule has 1 unspecified atom stereocenters. The van der Waals surface area contributed by atoms with Crippen LogP contribution in [0.2, 0.25) is 5.02 Å². The number of hydrogen-bond donors (Lipinski definition) is 2. The molecule has 0 bridgehead atoms. The van der Waals surface area contributed by atoms with Gasteiger partial charge in [0.15, 0.2) is 6.17 Å². The summed E-state index contributed by atoms with van der Waals surface area (Å²) in [6.45, 7) is 0.336. The van der Waals surface area contributed by atoms with E-state index in [1.165, 1.54) is 5.01 Å². The number of rotatable bonds is 6. The molecule has 0 radical (unpaired) electrons. The average molecular weight is 689 g/mol. The number of fused-ring (bicyclic) bond motifs is 1. The molecule has 6 nitrogen and oxygen atoms in total. The van der Waals surface area contributed by atoms with Crippen molar-refractivity contribution in [2.45, 2.75) is 12.8 Å². The lowest BCUT2D eigenvalue weighted by molar-refractivity contribution is 0.0487. The van der Waals surface area contributed by atoms with Crippen LogP contribution in [0.15, 0.2) is 95.5 Å². The van der Waals surface area contributed by atoms with E-state index in [1.807, 2.05) is 60.7 Å². The number of carbonyl (C=O) groups is 2. The number of hydrogen-bond acceptors (Lipinski definition) is 4. The van der Waals surface area contributed by atoms with Crippen LogP contribution in [0, 0.1) is 3.57 Å². The zero-order valence-corrected chi connectivity index (χ0v) is 23.7. The molecule has 0 fully saturated rings. The van der Waals surface area contributed by atoms with Crippen LogP contribution >= 0.6 is 50.1 Å². The van der Waals surface area contributed by atoms with Gasteiger partial charge in [-0.3, -0.25) is 15.0 Å². The molecule has 0 aliphatic carbocycles. The Morgan fingerprint density at radius 3 is 2.59 bits per heavy atom. The molecule has 9 heteroatoms. The molecule has 1 heterocycles. The fourth-order valence-corrected chi connectivity index (χ4v) is 5.08. The summed E-state index contributed by atoms with van der Waals surface area (Å²) >= 11 is 11.6. The smallest absolute Gasteiger partial charge is 0.276 e. The fourth-order valence-electron chi connectivity index (χ4n) is 4.01. The monoisotopic (exact) mass is 687 g/mol. The maximum absolute atomic E-state index is 13.7. The molecule has 2 N–H and O–H groups in total. The van der Waals surface area contributed by atoms with Gasteiger partial charge in [0.25, 0.3) is 11.8 Å². The summed E-state index contributed by atoms with van der Waals surface area (Å²) in [6, 6.07) is 27.4. The summed E-state index contributed by atoms with van der Waals surface area (Å²) in [5.74, 6) is -0.174. The molecular formula is C28H20BrClIN3O3. The second-order valence-electron chi connectivity index (χ2n) is 8.32. The first kappa shape index (κ1) is 25.6. The van der Waals surface area contributed by atoms with Crippen molar-refractivity contribution in [3.05, 3.63) is 126 Å². The second kappa shape index (κ2) is 11.1. The van der Waals surface area contributed by atoms with E-state index in [1.54, 1.807) is 30.3 Å². The molecule has 0 spiro atoms. The maximum Gasteiger partial charge on any atom is 0.276 e. The van der Waals surface area contributed by atoms with Crippen molar-refractivity contribution in [3.63, 3.8) is 0 Å². The Labute approximate surface area is 241 Å². The molecule has 1 atom stereocenters.